The third kappa shape index (κ3) is 4.36. The van der Waals surface area contributed by atoms with Gasteiger partial charge in [-0.25, -0.2) is 0 Å². The number of likely N-dealkylation sites (tertiary alicyclic amines) is 1. The van der Waals surface area contributed by atoms with E-state index < -0.39 is 17.7 Å². The number of aromatic amines is 1. The van der Waals surface area contributed by atoms with E-state index in [0.717, 1.165) is 10.9 Å². The Bertz CT molecular complexity index is 1190. The van der Waals surface area contributed by atoms with Crippen LogP contribution in [0.5, 0.6) is 5.75 Å². The van der Waals surface area contributed by atoms with Gasteiger partial charge in [-0.2, -0.15) is 0 Å². The molecule has 1 aliphatic heterocycles. The number of amides is 1. The molecule has 7 nitrogen and oxygen atoms in total. The summed E-state index contributed by atoms with van der Waals surface area (Å²) in [5.74, 6) is -0.465. The van der Waals surface area contributed by atoms with Crippen molar-refractivity contribution >= 4 is 28.4 Å². The number of carbonyl (C=O) groups excluding carboxylic acids is 2. The summed E-state index contributed by atoms with van der Waals surface area (Å²) in [4.78, 5) is 30.6. The van der Waals surface area contributed by atoms with Crippen molar-refractivity contribution in [2.45, 2.75) is 19.9 Å². The summed E-state index contributed by atoms with van der Waals surface area (Å²) in [6.45, 7) is 5.23. The molecule has 3 aromatic rings. The van der Waals surface area contributed by atoms with E-state index in [1.807, 2.05) is 48.5 Å². The first-order valence-electron chi connectivity index (χ1n) is 11.0. The lowest BCUT2D eigenvalue weighted by Gasteiger charge is -2.25. The van der Waals surface area contributed by atoms with Gasteiger partial charge in [-0.05, 0) is 29.7 Å². The highest BCUT2D eigenvalue weighted by Crippen LogP contribution is 2.40. The first kappa shape index (κ1) is 22.6. The van der Waals surface area contributed by atoms with Crippen LogP contribution in [0.1, 0.15) is 31.0 Å². The number of methoxy groups -OCH3 is 1. The zero-order chi connectivity index (χ0) is 23.5. The smallest absolute Gasteiger partial charge is 0.295 e. The molecule has 1 saturated heterocycles. The lowest BCUT2D eigenvalue weighted by atomic mass is 9.95. The summed E-state index contributed by atoms with van der Waals surface area (Å²) in [5, 5.41) is 12.0. The van der Waals surface area contributed by atoms with Crippen molar-refractivity contribution < 1.29 is 24.2 Å². The van der Waals surface area contributed by atoms with Gasteiger partial charge in [0.2, 0.25) is 0 Å². The number of H-pyrrole nitrogens is 1. The molecule has 1 aliphatic rings. The van der Waals surface area contributed by atoms with Gasteiger partial charge >= 0.3 is 0 Å². The van der Waals surface area contributed by atoms with Gasteiger partial charge < -0.3 is 24.5 Å². The predicted octanol–water partition coefficient (Wildman–Crippen LogP) is 4.27. The summed E-state index contributed by atoms with van der Waals surface area (Å²) in [5.41, 5.74) is 2.09. The molecular weight excluding hydrogens is 420 g/mol. The Hall–Kier alpha value is -3.58. The highest BCUT2D eigenvalue weighted by Gasteiger charge is 2.46. The highest BCUT2D eigenvalue weighted by atomic mass is 16.5. The molecule has 33 heavy (non-hydrogen) atoms. The monoisotopic (exact) mass is 448 g/mol. The number of hydrogen-bond acceptors (Lipinski definition) is 5. The number of benzene rings is 2. The van der Waals surface area contributed by atoms with Crippen molar-refractivity contribution in [3.05, 3.63) is 71.4 Å². The van der Waals surface area contributed by atoms with Crippen LogP contribution in [0.4, 0.5) is 0 Å². The van der Waals surface area contributed by atoms with Gasteiger partial charge in [0.1, 0.15) is 11.5 Å². The maximum Gasteiger partial charge on any atom is 0.295 e. The fraction of sp³-hybridized carbons (Fsp3) is 0.308. The van der Waals surface area contributed by atoms with Crippen LogP contribution in [0, 0.1) is 5.92 Å². The van der Waals surface area contributed by atoms with E-state index in [-0.39, 0.29) is 24.5 Å². The zero-order valence-corrected chi connectivity index (χ0v) is 19.0. The number of para-hydroxylation sites is 1. The molecule has 0 saturated carbocycles. The standard InChI is InChI=1S/C26H28N2O5/c1-16(2)15-33-18-10-8-17(9-11-18)23-22(25(30)26(31)28(23)12-13-32-3)24(29)20-14-27-21-7-5-4-6-19(20)21/h4-11,14,16,23,27,29H,12-13,15H2,1-3H3/b24-22-. The minimum Gasteiger partial charge on any atom is -0.507 e. The quantitative estimate of drug-likeness (QED) is 0.305. The molecule has 172 valence electrons. The largest absolute Gasteiger partial charge is 0.507 e. The van der Waals surface area contributed by atoms with Gasteiger partial charge in [0.25, 0.3) is 11.7 Å². The topological polar surface area (TPSA) is 91.9 Å². The van der Waals surface area contributed by atoms with Crippen LogP contribution >= 0.6 is 0 Å². The average molecular weight is 449 g/mol. The van der Waals surface area contributed by atoms with Crippen LogP contribution < -0.4 is 4.74 Å². The normalized spacial score (nSPS) is 17.9. The third-order valence-corrected chi connectivity index (χ3v) is 5.70. The van der Waals surface area contributed by atoms with Gasteiger partial charge in [-0.15, -0.1) is 0 Å². The number of aliphatic hydroxyl groups is 1. The summed E-state index contributed by atoms with van der Waals surface area (Å²) in [7, 11) is 1.54. The predicted molar refractivity (Wildman–Crippen MR) is 126 cm³/mol. The summed E-state index contributed by atoms with van der Waals surface area (Å²) >= 11 is 0. The SMILES string of the molecule is COCCN1C(=O)C(=O)/C(=C(\O)c2c[nH]c3ccccc23)C1c1ccc(OCC(C)C)cc1. The number of fused-ring (bicyclic) bond motifs is 1. The van der Waals surface area contributed by atoms with Crippen LogP contribution in [0.25, 0.3) is 16.7 Å². The van der Waals surface area contributed by atoms with Crippen LogP contribution in [-0.2, 0) is 14.3 Å². The van der Waals surface area contributed by atoms with Gasteiger partial charge in [0.05, 0.1) is 24.8 Å². The summed E-state index contributed by atoms with van der Waals surface area (Å²) in [6, 6.07) is 14.1. The van der Waals surface area contributed by atoms with E-state index in [2.05, 4.69) is 18.8 Å². The molecule has 0 aliphatic carbocycles. The summed E-state index contributed by atoms with van der Waals surface area (Å²) in [6.07, 6.45) is 1.66. The van der Waals surface area contributed by atoms with Crippen molar-refractivity contribution in [2.75, 3.05) is 26.9 Å². The highest BCUT2D eigenvalue weighted by molar-refractivity contribution is 6.46. The van der Waals surface area contributed by atoms with Crippen molar-refractivity contribution in [2.24, 2.45) is 5.92 Å². The molecule has 0 radical (unpaired) electrons. The Morgan fingerprint density at radius 2 is 1.85 bits per heavy atom. The lowest BCUT2D eigenvalue weighted by molar-refractivity contribution is -0.140. The number of nitrogens with zero attached hydrogens (tertiary/aromatic N) is 1. The number of nitrogens with one attached hydrogen (secondary N) is 1. The van der Waals surface area contributed by atoms with Gasteiger partial charge in [0, 0.05) is 36.3 Å². The first-order valence-corrected chi connectivity index (χ1v) is 11.0. The van der Waals surface area contributed by atoms with Crippen LogP contribution in [0.2, 0.25) is 0 Å². The fourth-order valence-corrected chi connectivity index (χ4v) is 4.07. The van der Waals surface area contributed by atoms with E-state index >= 15 is 0 Å². The molecule has 2 N–H and O–H groups in total. The fourth-order valence-electron chi connectivity index (χ4n) is 4.07. The number of carbonyl (C=O) groups is 2. The van der Waals surface area contributed by atoms with E-state index in [9.17, 15) is 14.7 Å². The van der Waals surface area contributed by atoms with Crippen molar-refractivity contribution in [1.29, 1.82) is 0 Å². The number of ether oxygens (including phenoxy) is 2. The molecule has 0 bridgehead atoms. The Morgan fingerprint density at radius 3 is 2.55 bits per heavy atom. The molecule has 1 fully saturated rings. The molecule has 4 rings (SSSR count). The molecule has 2 heterocycles. The second kappa shape index (κ2) is 9.50. The van der Waals surface area contributed by atoms with Gasteiger partial charge in [-0.1, -0.05) is 44.2 Å². The van der Waals surface area contributed by atoms with E-state index in [0.29, 0.717) is 29.4 Å². The van der Waals surface area contributed by atoms with Gasteiger partial charge in [-0.3, -0.25) is 9.59 Å². The Balaban J connectivity index is 1.79. The first-order chi connectivity index (χ1) is 15.9. The van der Waals surface area contributed by atoms with Crippen molar-refractivity contribution in [3.8, 4) is 5.75 Å². The minimum atomic E-state index is -0.729. The van der Waals surface area contributed by atoms with E-state index in [1.54, 1.807) is 13.3 Å². The van der Waals surface area contributed by atoms with Crippen LogP contribution in [-0.4, -0.2) is 53.5 Å². The molecule has 1 unspecified atom stereocenters. The lowest BCUT2D eigenvalue weighted by Crippen LogP contribution is -2.32. The average Bonchev–Trinajstić information content (AvgIpc) is 3.35. The molecule has 1 amide bonds. The number of aromatic nitrogens is 1. The molecule has 2 aromatic carbocycles. The van der Waals surface area contributed by atoms with Crippen molar-refractivity contribution in [1.82, 2.24) is 9.88 Å². The molecule has 7 heteroatoms. The maximum atomic E-state index is 13.1. The summed E-state index contributed by atoms with van der Waals surface area (Å²) < 4.78 is 10.9. The number of hydrogen-bond donors (Lipinski definition) is 2. The maximum absolute atomic E-state index is 13.1. The Morgan fingerprint density at radius 1 is 1.12 bits per heavy atom. The second-order valence-electron chi connectivity index (χ2n) is 8.51. The van der Waals surface area contributed by atoms with E-state index in [1.165, 1.54) is 4.90 Å². The molecule has 1 atom stereocenters. The molecule has 0 spiro atoms. The van der Waals surface area contributed by atoms with Crippen LogP contribution in [0.15, 0.2) is 60.3 Å². The number of aliphatic hydroxyl groups excluding tert-OH is 1. The molecule has 1 aromatic heterocycles. The van der Waals surface area contributed by atoms with Gasteiger partial charge in [0.15, 0.2) is 0 Å². The second-order valence-corrected chi connectivity index (χ2v) is 8.51. The Kier molecular flexibility index (Phi) is 6.51. The molecular formula is C26H28N2O5. The van der Waals surface area contributed by atoms with Crippen molar-refractivity contribution in [3.63, 3.8) is 0 Å². The van der Waals surface area contributed by atoms with E-state index in [4.69, 9.17) is 9.47 Å². The number of ketones is 1. The van der Waals surface area contributed by atoms with Crippen LogP contribution in [0.3, 0.4) is 0 Å². The Labute approximate surface area is 192 Å². The minimum absolute atomic E-state index is 0.0664. The number of rotatable bonds is 8. The third-order valence-electron chi connectivity index (χ3n) is 5.70. The zero-order valence-electron chi connectivity index (χ0n) is 19.0. The number of Topliss-reactive ketones (excluding diaryl/α,β-unsaturated/α-hetero) is 1.